The normalized spacial score (nSPS) is 10.7. The number of nitrogens with zero attached hydrogens (tertiary/aromatic N) is 1. The van der Waals surface area contributed by atoms with Crippen molar-refractivity contribution in [1.82, 2.24) is 4.98 Å². The molecule has 0 spiro atoms. The first-order chi connectivity index (χ1) is 15.1. The average Bonchev–Trinajstić information content (AvgIpc) is 2.79. The third-order valence-electron chi connectivity index (χ3n) is 4.18. The molecule has 1 amide bonds. The van der Waals surface area contributed by atoms with E-state index in [9.17, 15) is 4.79 Å². The molecule has 160 valence electrons. The van der Waals surface area contributed by atoms with Crippen LogP contribution in [0, 0.1) is 0 Å². The van der Waals surface area contributed by atoms with Crippen molar-refractivity contribution in [3.8, 4) is 17.2 Å². The molecule has 7 heteroatoms. The number of benzene rings is 2. The molecule has 0 fully saturated rings. The summed E-state index contributed by atoms with van der Waals surface area (Å²) in [5, 5.41) is 3.23. The molecule has 1 aromatic heterocycles. The van der Waals surface area contributed by atoms with Gasteiger partial charge in [-0.2, -0.15) is 0 Å². The predicted octanol–water partition coefficient (Wildman–Crippen LogP) is 5.37. The molecule has 0 aliphatic heterocycles. The minimum Gasteiger partial charge on any atom is -0.493 e. The number of rotatable bonds is 9. The van der Waals surface area contributed by atoms with Gasteiger partial charge in [0.25, 0.3) is 0 Å². The van der Waals surface area contributed by atoms with E-state index in [-0.39, 0.29) is 5.91 Å². The average molecular weight is 439 g/mol. The van der Waals surface area contributed by atoms with E-state index >= 15 is 0 Å². The van der Waals surface area contributed by atoms with E-state index in [0.29, 0.717) is 46.7 Å². The van der Waals surface area contributed by atoms with Gasteiger partial charge in [0, 0.05) is 24.0 Å². The summed E-state index contributed by atoms with van der Waals surface area (Å²) in [6.45, 7) is 2.68. The highest BCUT2D eigenvalue weighted by atomic mass is 35.5. The Bertz CT molecular complexity index is 1050. The van der Waals surface area contributed by atoms with E-state index in [4.69, 9.17) is 25.8 Å². The maximum atomic E-state index is 12.3. The SMILES string of the molecule is CCOc1c(Cl)cc(/C=C/C(=O)Nc2cccc(OCc3ccccn3)c2)cc1OC. The molecule has 0 unspecified atom stereocenters. The summed E-state index contributed by atoms with van der Waals surface area (Å²) < 4.78 is 16.6. The van der Waals surface area contributed by atoms with E-state index in [1.165, 1.54) is 13.2 Å². The van der Waals surface area contributed by atoms with Crippen LogP contribution in [-0.2, 0) is 11.4 Å². The smallest absolute Gasteiger partial charge is 0.248 e. The van der Waals surface area contributed by atoms with E-state index in [1.807, 2.05) is 37.3 Å². The molecule has 0 radical (unpaired) electrons. The Morgan fingerprint density at radius 2 is 2.00 bits per heavy atom. The second-order valence-corrected chi connectivity index (χ2v) is 6.83. The van der Waals surface area contributed by atoms with Crippen LogP contribution in [0.5, 0.6) is 17.2 Å². The Morgan fingerprint density at radius 1 is 1.13 bits per heavy atom. The van der Waals surface area contributed by atoms with Gasteiger partial charge in [-0.25, -0.2) is 0 Å². The van der Waals surface area contributed by atoms with Crippen LogP contribution >= 0.6 is 11.6 Å². The van der Waals surface area contributed by atoms with Crippen molar-refractivity contribution >= 4 is 29.3 Å². The van der Waals surface area contributed by atoms with Gasteiger partial charge in [-0.1, -0.05) is 23.7 Å². The van der Waals surface area contributed by atoms with Gasteiger partial charge < -0.3 is 19.5 Å². The summed E-state index contributed by atoms with van der Waals surface area (Å²) in [6.07, 6.45) is 4.79. The van der Waals surface area contributed by atoms with Crippen LogP contribution in [0.15, 0.2) is 66.9 Å². The van der Waals surface area contributed by atoms with Gasteiger partial charge in [0.05, 0.1) is 24.4 Å². The number of amides is 1. The lowest BCUT2D eigenvalue weighted by Crippen LogP contribution is -2.08. The number of halogens is 1. The van der Waals surface area contributed by atoms with Gasteiger partial charge in [0.15, 0.2) is 11.5 Å². The zero-order valence-corrected chi connectivity index (χ0v) is 18.1. The first-order valence-electron chi connectivity index (χ1n) is 9.71. The molecule has 0 atom stereocenters. The first kappa shape index (κ1) is 22.2. The van der Waals surface area contributed by atoms with Crippen LogP contribution < -0.4 is 19.5 Å². The minimum absolute atomic E-state index is 0.286. The highest BCUT2D eigenvalue weighted by Crippen LogP contribution is 2.36. The van der Waals surface area contributed by atoms with Crippen LogP contribution in [0.25, 0.3) is 6.08 Å². The number of ether oxygens (including phenoxy) is 3. The highest BCUT2D eigenvalue weighted by molar-refractivity contribution is 6.32. The van der Waals surface area contributed by atoms with Gasteiger partial charge in [-0.15, -0.1) is 0 Å². The van der Waals surface area contributed by atoms with Crippen molar-refractivity contribution < 1.29 is 19.0 Å². The van der Waals surface area contributed by atoms with Crippen molar-refractivity contribution in [3.05, 3.63) is 83.2 Å². The third kappa shape index (κ3) is 6.49. The quantitative estimate of drug-likeness (QED) is 0.454. The third-order valence-corrected chi connectivity index (χ3v) is 4.46. The highest BCUT2D eigenvalue weighted by Gasteiger charge is 2.11. The zero-order chi connectivity index (χ0) is 22.1. The molecule has 0 aliphatic rings. The fourth-order valence-corrected chi connectivity index (χ4v) is 3.05. The fourth-order valence-electron chi connectivity index (χ4n) is 2.78. The summed E-state index contributed by atoms with van der Waals surface area (Å²) in [7, 11) is 1.54. The molecule has 0 saturated carbocycles. The standard InChI is InChI=1S/C24H23ClN2O4/c1-3-30-24-21(25)13-17(14-22(24)29-2)10-11-23(28)27-18-8-6-9-20(15-18)31-16-19-7-4-5-12-26-19/h4-15H,3,16H2,1-2H3,(H,27,28)/b11-10+. The zero-order valence-electron chi connectivity index (χ0n) is 17.3. The lowest BCUT2D eigenvalue weighted by Gasteiger charge is -2.12. The van der Waals surface area contributed by atoms with Crippen LogP contribution in [0.1, 0.15) is 18.2 Å². The Hall–Kier alpha value is -3.51. The Kier molecular flexibility index (Phi) is 7.90. The van der Waals surface area contributed by atoms with Gasteiger partial charge in [0.1, 0.15) is 12.4 Å². The van der Waals surface area contributed by atoms with Crippen molar-refractivity contribution in [2.45, 2.75) is 13.5 Å². The fraction of sp³-hybridized carbons (Fsp3) is 0.167. The van der Waals surface area contributed by atoms with E-state index in [1.54, 1.807) is 36.5 Å². The monoisotopic (exact) mass is 438 g/mol. The molecular weight excluding hydrogens is 416 g/mol. The second-order valence-electron chi connectivity index (χ2n) is 6.43. The van der Waals surface area contributed by atoms with Crippen molar-refractivity contribution in [2.24, 2.45) is 0 Å². The number of carbonyl (C=O) groups excluding carboxylic acids is 1. The summed E-state index contributed by atoms with van der Waals surface area (Å²) in [5.74, 6) is 1.34. The first-order valence-corrected chi connectivity index (χ1v) is 10.1. The number of anilines is 1. The van der Waals surface area contributed by atoms with Crippen LogP contribution in [0.3, 0.4) is 0 Å². The summed E-state index contributed by atoms with van der Waals surface area (Å²) in [6, 6.07) is 16.3. The summed E-state index contributed by atoms with van der Waals surface area (Å²) in [4.78, 5) is 16.6. The summed E-state index contributed by atoms with van der Waals surface area (Å²) >= 11 is 6.27. The van der Waals surface area contributed by atoms with Gasteiger partial charge in [0.2, 0.25) is 5.91 Å². The van der Waals surface area contributed by atoms with Crippen molar-refractivity contribution in [3.63, 3.8) is 0 Å². The Balaban J connectivity index is 1.63. The van der Waals surface area contributed by atoms with Crippen LogP contribution in [0.2, 0.25) is 5.02 Å². The number of hydrogen-bond donors (Lipinski definition) is 1. The predicted molar refractivity (Wildman–Crippen MR) is 122 cm³/mol. The molecule has 0 bridgehead atoms. The number of pyridine rings is 1. The van der Waals surface area contributed by atoms with Crippen molar-refractivity contribution in [1.29, 1.82) is 0 Å². The molecule has 3 rings (SSSR count). The molecule has 2 aromatic carbocycles. The molecule has 31 heavy (non-hydrogen) atoms. The molecule has 1 heterocycles. The molecular formula is C24H23ClN2O4. The number of nitrogens with one attached hydrogen (secondary N) is 1. The number of hydrogen-bond acceptors (Lipinski definition) is 5. The largest absolute Gasteiger partial charge is 0.493 e. The van der Waals surface area contributed by atoms with Gasteiger partial charge in [-0.05, 0) is 55.0 Å². The minimum atomic E-state index is -0.286. The Labute approximate surface area is 186 Å². The number of aromatic nitrogens is 1. The van der Waals surface area contributed by atoms with Crippen LogP contribution in [-0.4, -0.2) is 24.6 Å². The molecule has 3 aromatic rings. The van der Waals surface area contributed by atoms with Gasteiger partial charge in [-0.3, -0.25) is 9.78 Å². The van der Waals surface area contributed by atoms with E-state index < -0.39 is 0 Å². The summed E-state index contributed by atoms with van der Waals surface area (Å²) in [5.41, 5.74) is 2.16. The van der Waals surface area contributed by atoms with E-state index in [2.05, 4.69) is 10.3 Å². The lowest BCUT2D eigenvalue weighted by molar-refractivity contribution is -0.111. The second kappa shape index (κ2) is 11.0. The van der Waals surface area contributed by atoms with Crippen LogP contribution in [0.4, 0.5) is 5.69 Å². The molecule has 0 saturated heterocycles. The molecule has 0 aliphatic carbocycles. The number of carbonyl (C=O) groups is 1. The topological polar surface area (TPSA) is 69.7 Å². The maximum Gasteiger partial charge on any atom is 0.248 e. The van der Waals surface area contributed by atoms with Gasteiger partial charge >= 0.3 is 0 Å². The lowest BCUT2D eigenvalue weighted by atomic mass is 10.2. The molecule has 6 nitrogen and oxygen atoms in total. The maximum absolute atomic E-state index is 12.3. The van der Waals surface area contributed by atoms with E-state index in [0.717, 1.165) is 5.69 Å². The Morgan fingerprint density at radius 3 is 2.74 bits per heavy atom. The molecule has 1 N–H and O–H groups in total. The number of methoxy groups -OCH3 is 1. The van der Waals surface area contributed by atoms with Crippen molar-refractivity contribution in [2.75, 3.05) is 19.0 Å².